The van der Waals surface area contributed by atoms with Gasteiger partial charge >= 0.3 is 5.97 Å². The number of aliphatic carboxylic acids is 1. The van der Waals surface area contributed by atoms with Crippen molar-refractivity contribution in [2.75, 3.05) is 0 Å². The van der Waals surface area contributed by atoms with Gasteiger partial charge in [-0.3, -0.25) is 9.48 Å². The average Bonchev–Trinajstić information content (AvgIpc) is 2.71. The summed E-state index contributed by atoms with van der Waals surface area (Å²) in [5, 5.41) is 12.9. The van der Waals surface area contributed by atoms with Crippen molar-refractivity contribution in [2.24, 2.45) is 5.92 Å². The second-order valence-corrected chi connectivity index (χ2v) is 4.26. The first-order chi connectivity index (χ1) is 7.25. The molecule has 1 heterocycles. The van der Waals surface area contributed by atoms with Crippen molar-refractivity contribution in [3.8, 4) is 0 Å². The Morgan fingerprint density at radius 2 is 2.13 bits per heavy atom. The molecule has 0 amide bonds. The summed E-state index contributed by atoms with van der Waals surface area (Å²) < 4.78 is 2.00. The van der Waals surface area contributed by atoms with E-state index in [9.17, 15) is 4.79 Å². The Morgan fingerprint density at radius 1 is 1.40 bits per heavy atom. The van der Waals surface area contributed by atoms with Gasteiger partial charge in [0.25, 0.3) is 0 Å². The molecule has 0 atom stereocenters. The van der Waals surface area contributed by atoms with Crippen LogP contribution in [-0.2, 0) is 4.79 Å². The van der Waals surface area contributed by atoms with Crippen LogP contribution in [0.2, 0.25) is 0 Å². The number of carbonyl (C=O) groups is 1. The lowest BCUT2D eigenvalue weighted by Gasteiger charge is -2.27. The highest BCUT2D eigenvalue weighted by molar-refractivity contribution is 5.67. The van der Waals surface area contributed by atoms with Crippen LogP contribution in [0.25, 0.3) is 0 Å². The highest BCUT2D eigenvalue weighted by Gasteiger charge is 2.23. The monoisotopic (exact) mass is 208 g/mol. The molecular formula is C11H16N2O2. The fourth-order valence-corrected chi connectivity index (χ4v) is 2.36. The van der Waals surface area contributed by atoms with Crippen LogP contribution in [0.4, 0.5) is 0 Å². The van der Waals surface area contributed by atoms with Crippen LogP contribution in [0.5, 0.6) is 0 Å². The highest BCUT2D eigenvalue weighted by atomic mass is 16.4. The van der Waals surface area contributed by atoms with Gasteiger partial charge in [0.2, 0.25) is 0 Å². The first-order valence-corrected chi connectivity index (χ1v) is 5.46. The van der Waals surface area contributed by atoms with E-state index in [1.165, 1.54) is 0 Å². The van der Waals surface area contributed by atoms with Crippen LogP contribution in [0.3, 0.4) is 0 Å². The van der Waals surface area contributed by atoms with Crippen LogP contribution >= 0.6 is 0 Å². The van der Waals surface area contributed by atoms with E-state index in [0.717, 1.165) is 25.7 Å². The Morgan fingerprint density at radius 3 is 2.67 bits per heavy atom. The highest BCUT2D eigenvalue weighted by Crippen LogP contribution is 2.33. The van der Waals surface area contributed by atoms with E-state index in [1.807, 2.05) is 16.9 Å². The predicted molar refractivity (Wildman–Crippen MR) is 55.5 cm³/mol. The lowest BCUT2D eigenvalue weighted by atomic mass is 9.84. The van der Waals surface area contributed by atoms with Crippen molar-refractivity contribution in [2.45, 2.75) is 38.1 Å². The maximum atomic E-state index is 10.6. The van der Waals surface area contributed by atoms with Gasteiger partial charge in [-0.1, -0.05) is 0 Å². The first kappa shape index (κ1) is 10.2. The Balaban J connectivity index is 1.84. The minimum absolute atomic E-state index is 0.325. The maximum Gasteiger partial charge on any atom is 0.303 e. The van der Waals surface area contributed by atoms with E-state index in [1.54, 1.807) is 6.20 Å². The topological polar surface area (TPSA) is 55.1 Å². The zero-order chi connectivity index (χ0) is 10.7. The number of hydrogen-bond acceptors (Lipinski definition) is 2. The van der Waals surface area contributed by atoms with E-state index in [2.05, 4.69) is 5.10 Å². The van der Waals surface area contributed by atoms with Gasteiger partial charge < -0.3 is 5.11 Å². The molecule has 1 N–H and O–H groups in total. The lowest BCUT2D eigenvalue weighted by Crippen LogP contribution is -2.20. The molecule has 1 aliphatic rings. The average molecular weight is 208 g/mol. The van der Waals surface area contributed by atoms with Crippen molar-refractivity contribution in [3.05, 3.63) is 18.5 Å². The maximum absolute atomic E-state index is 10.6. The van der Waals surface area contributed by atoms with Gasteiger partial charge in [0.15, 0.2) is 0 Å². The SMILES string of the molecule is O=C(O)CC1CCC(n2cccn2)CC1. The van der Waals surface area contributed by atoms with Gasteiger partial charge in [0.05, 0.1) is 6.04 Å². The van der Waals surface area contributed by atoms with E-state index >= 15 is 0 Å². The van der Waals surface area contributed by atoms with Crippen molar-refractivity contribution >= 4 is 5.97 Å². The summed E-state index contributed by atoms with van der Waals surface area (Å²) >= 11 is 0. The molecule has 0 spiro atoms. The van der Waals surface area contributed by atoms with Crippen LogP contribution in [0.1, 0.15) is 38.1 Å². The molecule has 0 aliphatic heterocycles. The van der Waals surface area contributed by atoms with E-state index in [0.29, 0.717) is 18.4 Å². The zero-order valence-corrected chi connectivity index (χ0v) is 8.67. The number of aromatic nitrogens is 2. The molecule has 2 rings (SSSR count). The van der Waals surface area contributed by atoms with Crippen LogP contribution in [0, 0.1) is 5.92 Å². The van der Waals surface area contributed by atoms with Crippen molar-refractivity contribution in [1.29, 1.82) is 0 Å². The minimum Gasteiger partial charge on any atom is -0.481 e. The summed E-state index contributed by atoms with van der Waals surface area (Å²) in [5.74, 6) is -0.299. The van der Waals surface area contributed by atoms with E-state index < -0.39 is 5.97 Å². The molecule has 4 heteroatoms. The molecule has 0 bridgehead atoms. The third-order valence-corrected chi connectivity index (χ3v) is 3.18. The van der Waals surface area contributed by atoms with Gasteiger partial charge in [-0.2, -0.15) is 5.10 Å². The predicted octanol–water partition coefficient (Wildman–Crippen LogP) is 2.09. The second-order valence-electron chi connectivity index (χ2n) is 4.26. The molecule has 82 valence electrons. The third kappa shape index (κ3) is 2.58. The summed E-state index contributed by atoms with van der Waals surface area (Å²) in [6.45, 7) is 0. The van der Waals surface area contributed by atoms with Gasteiger partial charge in [-0.05, 0) is 37.7 Å². The normalized spacial score (nSPS) is 26.4. The Hall–Kier alpha value is -1.32. The molecule has 1 aliphatic carbocycles. The quantitative estimate of drug-likeness (QED) is 0.827. The molecule has 1 aromatic heterocycles. The van der Waals surface area contributed by atoms with Crippen molar-refractivity contribution < 1.29 is 9.90 Å². The molecule has 0 unspecified atom stereocenters. The molecule has 4 nitrogen and oxygen atoms in total. The molecule has 0 radical (unpaired) electrons. The molecule has 0 saturated heterocycles. The van der Waals surface area contributed by atoms with Gasteiger partial charge in [-0.25, -0.2) is 0 Å². The summed E-state index contributed by atoms with van der Waals surface area (Å²) in [7, 11) is 0. The van der Waals surface area contributed by atoms with Crippen LogP contribution in [0.15, 0.2) is 18.5 Å². The summed E-state index contributed by atoms with van der Waals surface area (Å²) in [5.41, 5.74) is 0. The standard InChI is InChI=1S/C11H16N2O2/c14-11(15)8-9-2-4-10(5-3-9)13-7-1-6-12-13/h1,6-7,9-10H,2-5,8H2,(H,14,15). The van der Waals surface area contributed by atoms with Gasteiger partial charge in [-0.15, -0.1) is 0 Å². The smallest absolute Gasteiger partial charge is 0.303 e. The van der Waals surface area contributed by atoms with Crippen molar-refractivity contribution in [3.63, 3.8) is 0 Å². The second kappa shape index (κ2) is 4.47. The molecule has 1 fully saturated rings. The Kier molecular flexibility index (Phi) is 3.04. The number of nitrogens with zero attached hydrogens (tertiary/aromatic N) is 2. The summed E-state index contributed by atoms with van der Waals surface area (Å²) in [6.07, 6.45) is 8.24. The summed E-state index contributed by atoms with van der Waals surface area (Å²) in [6, 6.07) is 2.41. The number of hydrogen-bond donors (Lipinski definition) is 1. The molecule has 1 saturated carbocycles. The molecule has 1 aromatic rings. The number of rotatable bonds is 3. The molecule has 15 heavy (non-hydrogen) atoms. The van der Waals surface area contributed by atoms with E-state index in [-0.39, 0.29) is 0 Å². The fraction of sp³-hybridized carbons (Fsp3) is 0.636. The number of carboxylic acid groups (broad SMARTS) is 1. The lowest BCUT2D eigenvalue weighted by molar-refractivity contribution is -0.138. The van der Waals surface area contributed by atoms with Crippen LogP contribution in [-0.4, -0.2) is 20.9 Å². The molecular weight excluding hydrogens is 192 g/mol. The Labute approximate surface area is 88.9 Å². The first-order valence-electron chi connectivity index (χ1n) is 5.46. The largest absolute Gasteiger partial charge is 0.481 e. The van der Waals surface area contributed by atoms with Crippen LogP contribution < -0.4 is 0 Å². The van der Waals surface area contributed by atoms with Gasteiger partial charge in [0, 0.05) is 18.8 Å². The Bertz CT molecular complexity index is 313. The van der Waals surface area contributed by atoms with E-state index in [4.69, 9.17) is 5.11 Å². The fourth-order valence-electron chi connectivity index (χ4n) is 2.36. The third-order valence-electron chi connectivity index (χ3n) is 3.18. The number of carboxylic acids is 1. The van der Waals surface area contributed by atoms with Gasteiger partial charge in [0.1, 0.15) is 0 Å². The zero-order valence-electron chi connectivity index (χ0n) is 8.67. The van der Waals surface area contributed by atoms with Crippen molar-refractivity contribution in [1.82, 2.24) is 9.78 Å². The molecule has 0 aromatic carbocycles. The minimum atomic E-state index is -0.669. The summed E-state index contributed by atoms with van der Waals surface area (Å²) in [4.78, 5) is 10.6.